The monoisotopic (exact) mass is 432 g/mol. The zero-order chi connectivity index (χ0) is 22.0. The number of nitrogens with zero attached hydrogens (tertiary/aromatic N) is 1. The average molecular weight is 433 g/mol. The van der Waals surface area contributed by atoms with Crippen molar-refractivity contribution in [2.45, 2.75) is 77.9 Å². The molecule has 1 aliphatic heterocycles. The average Bonchev–Trinajstić information content (AvgIpc) is 3.35. The fourth-order valence-electron chi connectivity index (χ4n) is 8.56. The van der Waals surface area contributed by atoms with Gasteiger partial charge in [-0.25, -0.2) is 0 Å². The minimum absolute atomic E-state index is 0.00173. The molecule has 10 atom stereocenters. The van der Waals surface area contributed by atoms with E-state index in [1.165, 1.54) is 0 Å². The summed E-state index contributed by atoms with van der Waals surface area (Å²) in [5, 5.41) is 29.8. The Morgan fingerprint density at radius 2 is 2.00 bits per heavy atom. The number of hydrogen-bond donors (Lipinski definition) is 3. The Labute approximate surface area is 186 Å². The SMILES string of the molecule is CC1CC2C3C(CC[C@]2(C)C1=O)[C@@]1(C)CCC(=NOC2CCNC2)CC1[C@@H](CO)[C@H]3O. The van der Waals surface area contributed by atoms with Gasteiger partial charge in [-0.15, -0.1) is 0 Å². The zero-order valence-corrected chi connectivity index (χ0v) is 19.3. The van der Waals surface area contributed by atoms with Crippen LogP contribution in [-0.4, -0.2) is 53.6 Å². The van der Waals surface area contributed by atoms with E-state index in [0.29, 0.717) is 11.7 Å². The minimum atomic E-state index is -0.546. The Hall–Kier alpha value is -0.980. The molecule has 1 heterocycles. The molecular weight excluding hydrogens is 392 g/mol. The lowest BCUT2D eigenvalue weighted by molar-refractivity contribution is -0.188. The quantitative estimate of drug-likeness (QED) is 0.597. The zero-order valence-electron chi connectivity index (χ0n) is 19.3. The number of nitrogens with one attached hydrogen (secondary N) is 1. The summed E-state index contributed by atoms with van der Waals surface area (Å²) in [6.45, 7) is 8.45. The molecule has 3 N–H and O–H groups in total. The molecular formula is C25H40N2O4. The molecule has 5 aliphatic rings. The van der Waals surface area contributed by atoms with E-state index in [2.05, 4.69) is 31.2 Å². The van der Waals surface area contributed by atoms with E-state index in [-0.39, 0.29) is 53.1 Å². The summed E-state index contributed by atoms with van der Waals surface area (Å²) in [6, 6.07) is 0. The van der Waals surface area contributed by atoms with Crippen molar-refractivity contribution >= 4 is 11.5 Å². The topological polar surface area (TPSA) is 91.2 Å². The minimum Gasteiger partial charge on any atom is -0.396 e. The highest BCUT2D eigenvalue weighted by molar-refractivity contribution is 5.89. The molecule has 1 saturated heterocycles. The van der Waals surface area contributed by atoms with Crippen molar-refractivity contribution in [3.8, 4) is 0 Å². The maximum atomic E-state index is 13.0. The van der Waals surface area contributed by atoms with Crippen molar-refractivity contribution in [1.29, 1.82) is 0 Å². The van der Waals surface area contributed by atoms with Gasteiger partial charge in [0.25, 0.3) is 0 Å². The first kappa shape index (κ1) is 21.8. The van der Waals surface area contributed by atoms with Crippen LogP contribution in [0.3, 0.4) is 0 Å². The molecule has 5 rings (SSSR count). The van der Waals surface area contributed by atoms with Crippen LogP contribution in [0.5, 0.6) is 0 Å². The number of aliphatic hydroxyl groups is 2. The molecule has 0 amide bonds. The van der Waals surface area contributed by atoms with Crippen LogP contribution in [0, 0.1) is 46.3 Å². The number of oxime groups is 1. The number of Topliss-reactive ketones (excluding diaryl/α,β-unsaturated/α-hetero) is 1. The van der Waals surface area contributed by atoms with Crippen LogP contribution in [0.2, 0.25) is 0 Å². The number of carbonyl (C=O) groups excluding carboxylic acids is 1. The lowest BCUT2D eigenvalue weighted by Gasteiger charge is -2.63. The fourth-order valence-corrected chi connectivity index (χ4v) is 8.56. The molecule has 0 aromatic carbocycles. The molecule has 6 unspecified atom stereocenters. The van der Waals surface area contributed by atoms with Gasteiger partial charge < -0.3 is 20.4 Å². The predicted octanol–water partition coefficient (Wildman–Crippen LogP) is 2.77. The molecule has 0 aromatic rings. The molecule has 0 radical (unpaired) electrons. The van der Waals surface area contributed by atoms with E-state index >= 15 is 0 Å². The van der Waals surface area contributed by atoms with Crippen molar-refractivity contribution in [1.82, 2.24) is 5.32 Å². The number of aliphatic hydroxyl groups excluding tert-OH is 2. The third-order valence-corrected chi connectivity index (χ3v) is 10.3. The van der Waals surface area contributed by atoms with E-state index in [4.69, 9.17) is 4.84 Å². The van der Waals surface area contributed by atoms with Crippen LogP contribution in [0.25, 0.3) is 0 Å². The normalized spacial score (nSPS) is 53.2. The predicted molar refractivity (Wildman–Crippen MR) is 118 cm³/mol. The summed E-state index contributed by atoms with van der Waals surface area (Å²) >= 11 is 0. The van der Waals surface area contributed by atoms with Crippen molar-refractivity contribution < 1.29 is 19.8 Å². The Kier molecular flexibility index (Phi) is 5.50. The Balaban J connectivity index is 1.42. The highest BCUT2D eigenvalue weighted by Gasteiger charge is 2.65. The summed E-state index contributed by atoms with van der Waals surface area (Å²) in [6.07, 6.45) is 6.22. The van der Waals surface area contributed by atoms with Gasteiger partial charge >= 0.3 is 0 Å². The van der Waals surface area contributed by atoms with Gasteiger partial charge in [0.15, 0.2) is 0 Å². The summed E-state index contributed by atoms with van der Waals surface area (Å²) in [5.41, 5.74) is 0.861. The molecule has 174 valence electrons. The van der Waals surface area contributed by atoms with Gasteiger partial charge in [-0.2, -0.15) is 0 Å². The molecule has 31 heavy (non-hydrogen) atoms. The Bertz CT molecular complexity index is 750. The van der Waals surface area contributed by atoms with E-state index in [9.17, 15) is 15.0 Å². The lowest BCUT2D eigenvalue weighted by atomic mass is 9.42. The van der Waals surface area contributed by atoms with E-state index in [1.54, 1.807) is 0 Å². The molecule has 5 fully saturated rings. The van der Waals surface area contributed by atoms with Gasteiger partial charge in [0.1, 0.15) is 11.9 Å². The van der Waals surface area contributed by atoms with Crippen LogP contribution in [-0.2, 0) is 9.63 Å². The maximum absolute atomic E-state index is 13.0. The van der Waals surface area contributed by atoms with Crippen LogP contribution < -0.4 is 5.32 Å². The first-order valence-corrected chi connectivity index (χ1v) is 12.5. The van der Waals surface area contributed by atoms with Gasteiger partial charge in [-0.1, -0.05) is 25.9 Å². The van der Waals surface area contributed by atoms with Gasteiger partial charge in [0.2, 0.25) is 0 Å². The Morgan fingerprint density at radius 1 is 1.19 bits per heavy atom. The van der Waals surface area contributed by atoms with Crippen LogP contribution in [0.15, 0.2) is 5.16 Å². The van der Waals surface area contributed by atoms with E-state index in [1.807, 2.05) is 0 Å². The van der Waals surface area contributed by atoms with Crippen molar-refractivity contribution in [3.05, 3.63) is 0 Å². The van der Waals surface area contributed by atoms with Gasteiger partial charge in [-0.3, -0.25) is 4.79 Å². The Morgan fingerprint density at radius 3 is 2.71 bits per heavy atom. The molecule has 0 aromatic heterocycles. The molecule has 6 nitrogen and oxygen atoms in total. The molecule has 0 spiro atoms. The van der Waals surface area contributed by atoms with Crippen LogP contribution in [0.4, 0.5) is 0 Å². The summed E-state index contributed by atoms with van der Waals surface area (Å²) < 4.78 is 0. The molecule has 0 bridgehead atoms. The maximum Gasteiger partial charge on any atom is 0.141 e. The number of hydrogen-bond acceptors (Lipinski definition) is 6. The highest BCUT2D eigenvalue weighted by atomic mass is 16.6. The number of fused-ring (bicyclic) bond motifs is 5. The van der Waals surface area contributed by atoms with Gasteiger partial charge in [-0.05, 0) is 74.2 Å². The largest absolute Gasteiger partial charge is 0.396 e. The second kappa shape index (κ2) is 7.81. The van der Waals surface area contributed by atoms with Gasteiger partial charge in [0, 0.05) is 36.8 Å². The smallest absolute Gasteiger partial charge is 0.141 e. The summed E-state index contributed by atoms with van der Waals surface area (Å²) in [5.74, 6) is 1.31. The fraction of sp³-hybridized carbons (Fsp3) is 0.920. The summed E-state index contributed by atoms with van der Waals surface area (Å²) in [7, 11) is 0. The highest BCUT2D eigenvalue weighted by Crippen LogP contribution is 2.66. The van der Waals surface area contributed by atoms with Crippen molar-refractivity contribution in [2.24, 2.45) is 51.5 Å². The van der Waals surface area contributed by atoms with Crippen LogP contribution in [0.1, 0.15) is 65.7 Å². The number of carbonyl (C=O) groups is 1. The van der Waals surface area contributed by atoms with Gasteiger partial charge in [0.05, 0.1) is 11.8 Å². The van der Waals surface area contributed by atoms with Crippen molar-refractivity contribution in [2.75, 3.05) is 19.7 Å². The second-order valence-corrected chi connectivity index (χ2v) is 11.8. The number of rotatable bonds is 3. The van der Waals surface area contributed by atoms with Crippen LogP contribution >= 0.6 is 0 Å². The lowest BCUT2D eigenvalue weighted by Crippen LogP contribution is -2.62. The first-order valence-electron chi connectivity index (χ1n) is 12.5. The first-order chi connectivity index (χ1) is 14.8. The molecule has 4 saturated carbocycles. The third-order valence-electron chi connectivity index (χ3n) is 10.3. The molecule has 6 heteroatoms. The second-order valence-electron chi connectivity index (χ2n) is 11.8. The number of ketones is 1. The third kappa shape index (κ3) is 3.23. The van der Waals surface area contributed by atoms with E-state index in [0.717, 1.165) is 63.7 Å². The van der Waals surface area contributed by atoms with E-state index < -0.39 is 6.10 Å². The standard InChI is InChI=1S/C25H40N2O4/c1-14-10-20-21-18(5-8-25(20,3)23(14)30)24(2)7-4-15(27-31-16-6-9-26-12-16)11-19(24)17(13-28)22(21)29/h14,16-22,26,28-29H,4-13H2,1-3H3/t14?,16?,17-,18?,19?,20?,21?,22-,24-,25+/m1/s1. The van der Waals surface area contributed by atoms with Crippen molar-refractivity contribution in [3.63, 3.8) is 0 Å². The molecule has 4 aliphatic carbocycles. The summed E-state index contributed by atoms with van der Waals surface area (Å²) in [4.78, 5) is 18.8.